The number of hydrogen-bond acceptors (Lipinski definition) is 6. The molecule has 3 rings (SSSR count). The van der Waals surface area contributed by atoms with Crippen LogP contribution >= 0.6 is 11.3 Å². The van der Waals surface area contributed by atoms with Crippen LogP contribution in [0.4, 0.5) is 5.13 Å². The molecule has 0 aliphatic heterocycles. The van der Waals surface area contributed by atoms with Gasteiger partial charge in [-0.3, -0.25) is 14.9 Å². The minimum absolute atomic E-state index is 0.184. The molecule has 0 aliphatic carbocycles. The van der Waals surface area contributed by atoms with Crippen LogP contribution in [0, 0.1) is 13.8 Å². The lowest BCUT2D eigenvalue weighted by molar-refractivity contribution is 0.0953. The van der Waals surface area contributed by atoms with Crippen LogP contribution < -0.4 is 15.4 Å². The van der Waals surface area contributed by atoms with Crippen molar-refractivity contribution < 1.29 is 14.3 Å². The Morgan fingerprint density at radius 2 is 1.79 bits per heavy atom. The van der Waals surface area contributed by atoms with E-state index in [9.17, 15) is 9.59 Å². The predicted octanol–water partition coefficient (Wildman–Crippen LogP) is 3.39. The maximum atomic E-state index is 12.4. The molecule has 0 unspecified atom stereocenters. The third-order valence-corrected chi connectivity index (χ3v) is 5.31. The number of aromatic nitrogens is 2. The van der Waals surface area contributed by atoms with Crippen molar-refractivity contribution in [3.8, 4) is 5.75 Å². The fraction of sp³-hybridized carbons (Fsp3) is 0.238. The van der Waals surface area contributed by atoms with Crippen LogP contribution in [0.5, 0.6) is 5.75 Å². The zero-order valence-electron chi connectivity index (χ0n) is 16.5. The highest BCUT2D eigenvalue weighted by atomic mass is 32.1. The molecule has 2 N–H and O–H groups in total. The second-order valence-corrected chi connectivity index (χ2v) is 7.55. The molecular weight excluding hydrogens is 388 g/mol. The van der Waals surface area contributed by atoms with E-state index in [1.165, 1.54) is 11.3 Å². The van der Waals surface area contributed by atoms with Crippen LogP contribution in [-0.2, 0) is 6.42 Å². The standard InChI is InChI=1S/C21H22N4O3S/c1-13-7-8-16(11-14(13)2)20(27)23-21-25-24-18(29-21)9-10-22-19(26)15-5-4-6-17(12-15)28-3/h4-8,11-12H,9-10H2,1-3H3,(H,22,26)(H,23,25,27). The maximum absolute atomic E-state index is 12.4. The first kappa shape index (κ1) is 20.5. The summed E-state index contributed by atoms with van der Waals surface area (Å²) in [4.78, 5) is 24.6. The molecule has 1 aromatic heterocycles. The van der Waals surface area contributed by atoms with E-state index >= 15 is 0 Å². The third-order valence-electron chi connectivity index (χ3n) is 4.41. The summed E-state index contributed by atoms with van der Waals surface area (Å²) in [5.74, 6) is 0.227. The van der Waals surface area contributed by atoms with E-state index in [0.29, 0.717) is 35.0 Å². The van der Waals surface area contributed by atoms with Gasteiger partial charge in [0.1, 0.15) is 10.8 Å². The zero-order valence-corrected chi connectivity index (χ0v) is 17.3. The number of hydrogen-bond donors (Lipinski definition) is 2. The highest BCUT2D eigenvalue weighted by Crippen LogP contribution is 2.18. The lowest BCUT2D eigenvalue weighted by Gasteiger charge is -2.05. The van der Waals surface area contributed by atoms with E-state index < -0.39 is 0 Å². The number of aryl methyl sites for hydroxylation is 2. The van der Waals surface area contributed by atoms with Crippen LogP contribution in [0.25, 0.3) is 0 Å². The molecule has 0 bridgehead atoms. The average molecular weight is 410 g/mol. The molecule has 3 aromatic rings. The van der Waals surface area contributed by atoms with Gasteiger partial charge in [-0.2, -0.15) is 0 Å². The number of carbonyl (C=O) groups is 2. The Bertz CT molecular complexity index is 1030. The molecule has 2 aromatic carbocycles. The summed E-state index contributed by atoms with van der Waals surface area (Å²) >= 11 is 1.29. The van der Waals surface area contributed by atoms with Gasteiger partial charge in [0.2, 0.25) is 5.13 Å². The van der Waals surface area contributed by atoms with E-state index in [0.717, 1.165) is 16.1 Å². The molecule has 0 radical (unpaired) electrons. The molecule has 0 atom stereocenters. The summed E-state index contributed by atoms with van der Waals surface area (Å²) in [5, 5.41) is 14.9. The van der Waals surface area contributed by atoms with Crippen molar-refractivity contribution in [3.63, 3.8) is 0 Å². The molecule has 150 valence electrons. The van der Waals surface area contributed by atoms with Crippen LogP contribution in [0.3, 0.4) is 0 Å². The summed E-state index contributed by atoms with van der Waals surface area (Å²) in [6.45, 7) is 4.38. The summed E-state index contributed by atoms with van der Waals surface area (Å²) in [6, 6.07) is 12.5. The third kappa shape index (κ3) is 5.39. The number of benzene rings is 2. The van der Waals surface area contributed by atoms with Crippen LogP contribution in [-0.4, -0.2) is 35.7 Å². The number of carbonyl (C=O) groups excluding carboxylic acids is 2. The monoisotopic (exact) mass is 410 g/mol. The number of ether oxygens (including phenoxy) is 1. The smallest absolute Gasteiger partial charge is 0.257 e. The van der Waals surface area contributed by atoms with Crippen molar-refractivity contribution in [3.05, 3.63) is 69.7 Å². The van der Waals surface area contributed by atoms with Gasteiger partial charge in [-0.1, -0.05) is 23.5 Å². The number of anilines is 1. The molecule has 2 amide bonds. The Labute approximate surface area is 173 Å². The molecule has 0 spiro atoms. The summed E-state index contributed by atoms with van der Waals surface area (Å²) in [6.07, 6.45) is 0.521. The molecule has 8 heteroatoms. The first-order valence-corrected chi connectivity index (χ1v) is 9.91. The predicted molar refractivity (Wildman–Crippen MR) is 113 cm³/mol. The van der Waals surface area contributed by atoms with Gasteiger partial charge in [0.25, 0.3) is 11.8 Å². The number of amides is 2. The van der Waals surface area contributed by atoms with Crippen molar-refractivity contribution in [2.45, 2.75) is 20.3 Å². The highest BCUT2D eigenvalue weighted by Gasteiger charge is 2.12. The Hall–Kier alpha value is -3.26. The Balaban J connectivity index is 1.51. The molecule has 29 heavy (non-hydrogen) atoms. The van der Waals surface area contributed by atoms with Gasteiger partial charge >= 0.3 is 0 Å². The largest absolute Gasteiger partial charge is 0.497 e. The SMILES string of the molecule is COc1cccc(C(=O)NCCc2nnc(NC(=O)c3ccc(C)c(C)c3)s2)c1. The highest BCUT2D eigenvalue weighted by molar-refractivity contribution is 7.15. The van der Waals surface area contributed by atoms with Gasteiger partial charge in [0.15, 0.2) is 0 Å². The minimum Gasteiger partial charge on any atom is -0.497 e. The molecule has 0 aliphatic rings. The molecule has 1 heterocycles. The average Bonchev–Trinajstić information content (AvgIpc) is 3.17. The second-order valence-electron chi connectivity index (χ2n) is 6.49. The number of nitrogens with zero attached hydrogens (tertiary/aromatic N) is 2. The summed E-state index contributed by atoms with van der Waals surface area (Å²) < 4.78 is 5.13. The van der Waals surface area contributed by atoms with Gasteiger partial charge in [0.05, 0.1) is 7.11 Å². The van der Waals surface area contributed by atoms with Gasteiger partial charge < -0.3 is 10.1 Å². The molecule has 0 fully saturated rings. The van der Waals surface area contributed by atoms with E-state index in [2.05, 4.69) is 20.8 Å². The molecule has 7 nitrogen and oxygen atoms in total. The van der Waals surface area contributed by atoms with Gasteiger partial charge in [-0.15, -0.1) is 10.2 Å². The Kier molecular flexibility index (Phi) is 6.56. The van der Waals surface area contributed by atoms with Crippen molar-refractivity contribution in [2.24, 2.45) is 0 Å². The van der Waals surface area contributed by atoms with Crippen molar-refractivity contribution in [2.75, 3.05) is 19.0 Å². The van der Waals surface area contributed by atoms with Gasteiger partial charge in [0, 0.05) is 24.1 Å². The van der Waals surface area contributed by atoms with E-state index in [4.69, 9.17) is 4.74 Å². The van der Waals surface area contributed by atoms with Crippen LogP contribution in [0.1, 0.15) is 36.9 Å². The first-order chi connectivity index (χ1) is 14.0. The second kappa shape index (κ2) is 9.29. The Morgan fingerprint density at radius 1 is 1.00 bits per heavy atom. The topological polar surface area (TPSA) is 93.2 Å². The number of rotatable bonds is 7. The fourth-order valence-electron chi connectivity index (χ4n) is 2.61. The lowest BCUT2D eigenvalue weighted by atomic mass is 10.1. The number of nitrogens with one attached hydrogen (secondary N) is 2. The quantitative estimate of drug-likeness (QED) is 0.623. The van der Waals surface area contributed by atoms with E-state index in [1.54, 1.807) is 37.4 Å². The van der Waals surface area contributed by atoms with Crippen molar-refractivity contribution in [1.29, 1.82) is 0 Å². The zero-order chi connectivity index (χ0) is 20.8. The van der Waals surface area contributed by atoms with Crippen LogP contribution in [0.15, 0.2) is 42.5 Å². The fourth-order valence-corrected chi connectivity index (χ4v) is 3.34. The lowest BCUT2D eigenvalue weighted by Crippen LogP contribution is -2.25. The first-order valence-electron chi connectivity index (χ1n) is 9.09. The summed E-state index contributed by atoms with van der Waals surface area (Å²) in [7, 11) is 1.56. The Morgan fingerprint density at radius 3 is 2.55 bits per heavy atom. The molecule has 0 saturated carbocycles. The van der Waals surface area contributed by atoms with Gasteiger partial charge in [-0.05, 0) is 55.3 Å². The normalized spacial score (nSPS) is 10.4. The van der Waals surface area contributed by atoms with E-state index in [-0.39, 0.29) is 11.8 Å². The van der Waals surface area contributed by atoms with Crippen LogP contribution in [0.2, 0.25) is 0 Å². The molecule has 0 saturated heterocycles. The van der Waals surface area contributed by atoms with Gasteiger partial charge in [-0.25, -0.2) is 0 Å². The maximum Gasteiger partial charge on any atom is 0.257 e. The van der Waals surface area contributed by atoms with E-state index in [1.807, 2.05) is 26.0 Å². The van der Waals surface area contributed by atoms with Crippen molar-refractivity contribution in [1.82, 2.24) is 15.5 Å². The summed E-state index contributed by atoms with van der Waals surface area (Å²) in [5.41, 5.74) is 3.30. The number of methoxy groups -OCH3 is 1. The minimum atomic E-state index is -0.220. The molecular formula is C21H22N4O3S. The van der Waals surface area contributed by atoms with Crippen molar-refractivity contribution >= 4 is 28.3 Å².